The fourth-order valence-corrected chi connectivity index (χ4v) is 4.81. The highest BCUT2D eigenvalue weighted by atomic mass is 16.4. The number of hydrogen-bond donors (Lipinski definition) is 1. The molecule has 2 unspecified atom stereocenters. The molecule has 0 bridgehead atoms. The summed E-state index contributed by atoms with van der Waals surface area (Å²) >= 11 is 0. The van der Waals surface area contributed by atoms with Crippen molar-refractivity contribution in [2.45, 2.75) is 52.6 Å². The maximum absolute atomic E-state index is 5.76. The number of aromatic nitrogens is 3. The number of oxazole rings is 1. The second-order valence-electron chi connectivity index (χ2n) is 9.19. The van der Waals surface area contributed by atoms with Gasteiger partial charge in [-0.05, 0) is 58.0 Å². The molecule has 0 aliphatic carbocycles. The van der Waals surface area contributed by atoms with Crippen LogP contribution in [-0.2, 0) is 6.54 Å². The minimum Gasteiger partial charge on any atom is -0.444 e. The summed E-state index contributed by atoms with van der Waals surface area (Å²) in [5.74, 6) is 4.13. The number of rotatable bonds is 5. The number of aliphatic imine (C=N–C) groups is 1. The highest BCUT2D eigenvalue weighted by Gasteiger charge is 2.29. The van der Waals surface area contributed by atoms with E-state index < -0.39 is 0 Å². The van der Waals surface area contributed by atoms with Crippen molar-refractivity contribution in [1.82, 2.24) is 29.7 Å². The highest BCUT2D eigenvalue weighted by molar-refractivity contribution is 5.80. The zero-order chi connectivity index (χ0) is 21.8. The highest BCUT2D eigenvalue weighted by Crippen LogP contribution is 2.27. The van der Waals surface area contributed by atoms with Gasteiger partial charge in [0.15, 0.2) is 5.96 Å². The predicted molar refractivity (Wildman–Crippen MR) is 122 cm³/mol. The van der Waals surface area contributed by atoms with Crippen LogP contribution in [0.25, 0.3) is 0 Å². The van der Waals surface area contributed by atoms with E-state index in [9.17, 15) is 0 Å². The molecule has 0 aromatic carbocycles. The number of imidazole rings is 1. The van der Waals surface area contributed by atoms with Crippen LogP contribution in [0.2, 0.25) is 0 Å². The lowest BCUT2D eigenvalue weighted by molar-refractivity contribution is 0.161. The third-order valence-corrected chi connectivity index (χ3v) is 7.03. The van der Waals surface area contributed by atoms with Crippen molar-refractivity contribution >= 4 is 5.96 Å². The fourth-order valence-electron chi connectivity index (χ4n) is 4.81. The second-order valence-corrected chi connectivity index (χ2v) is 9.19. The van der Waals surface area contributed by atoms with Gasteiger partial charge in [0.25, 0.3) is 0 Å². The quantitative estimate of drug-likeness (QED) is 0.584. The first-order valence-electron chi connectivity index (χ1n) is 11.6. The van der Waals surface area contributed by atoms with E-state index in [0.29, 0.717) is 17.9 Å². The van der Waals surface area contributed by atoms with E-state index in [-0.39, 0.29) is 0 Å². The summed E-state index contributed by atoms with van der Waals surface area (Å²) in [4.78, 5) is 18.2. The Morgan fingerprint density at radius 2 is 2.03 bits per heavy atom. The molecule has 31 heavy (non-hydrogen) atoms. The Balaban J connectivity index is 1.24. The molecule has 2 fully saturated rings. The van der Waals surface area contributed by atoms with Crippen molar-refractivity contribution in [3.63, 3.8) is 0 Å². The minimum atomic E-state index is 0.445. The van der Waals surface area contributed by atoms with Gasteiger partial charge in [0, 0.05) is 39.1 Å². The van der Waals surface area contributed by atoms with Crippen LogP contribution < -0.4 is 5.32 Å². The number of nitrogens with one attached hydrogen (secondary N) is 1. The first-order valence-corrected chi connectivity index (χ1v) is 11.6. The fraction of sp³-hybridized carbons (Fsp3) is 0.696. The van der Waals surface area contributed by atoms with Gasteiger partial charge in [0.1, 0.15) is 5.76 Å². The van der Waals surface area contributed by atoms with Crippen molar-refractivity contribution in [1.29, 1.82) is 0 Å². The van der Waals surface area contributed by atoms with Gasteiger partial charge in [-0.2, -0.15) is 0 Å². The van der Waals surface area contributed by atoms with Gasteiger partial charge in [0.2, 0.25) is 5.89 Å². The summed E-state index contributed by atoms with van der Waals surface area (Å²) in [6, 6.07) is 0.445. The SMILES string of the molecule is CN=C(NCC1CCN(Cc2nc(C)c(C)o2)CC1)N1CCC(C)C(n2ccnc2)C1. The molecule has 0 radical (unpaired) electrons. The number of likely N-dealkylation sites (tertiary alicyclic amines) is 2. The van der Waals surface area contributed by atoms with Gasteiger partial charge in [0.05, 0.1) is 24.6 Å². The van der Waals surface area contributed by atoms with Crippen molar-refractivity contribution < 1.29 is 4.42 Å². The molecule has 4 heterocycles. The van der Waals surface area contributed by atoms with Crippen molar-refractivity contribution in [2.75, 3.05) is 39.8 Å². The van der Waals surface area contributed by atoms with Crippen LogP contribution in [0.3, 0.4) is 0 Å². The van der Waals surface area contributed by atoms with Crippen LogP contribution in [0.15, 0.2) is 28.1 Å². The molecule has 0 amide bonds. The monoisotopic (exact) mass is 427 g/mol. The molecule has 2 aromatic heterocycles. The summed E-state index contributed by atoms with van der Waals surface area (Å²) in [5, 5.41) is 3.67. The zero-order valence-corrected chi connectivity index (χ0v) is 19.4. The largest absolute Gasteiger partial charge is 0.444 e. The molecule has 8 heteroatoms. The van der Waals surface area contributed by atoms with Crippen molar-refractivity contribution in [2.24, 2.45) is 16.8 Å². The van der Waals surface area contributed by atoms with E-state index in [4.69, 9.17) is 4.42 Å². The van der Waals surface area contributed by atoms with E-state index in [1.807, 2.05) is 33.4 Å². The molecule has 0 spiro atoms. The maximum Gasteiger partial charge on any atom is 0.208 e. The normalized spacial score (nSPS) is 24.0. The molecular weight excluding hydrogens is 390 g/mol. The standard InChI is InChI=1S/C23H37N7O/c1-17-5-11-29(14-21(17)30-12-8-25-16-30)23(24-4)26-13-20-6-9-28(10-7-20)15-22-27-18(2)19(3)31-22/h8,12,16-17,20-21H,5-7,9-11,13-15H2,1-4H3,(H,24,26). The molecule has 2 aliphatic heterocycles. The number of piperidine rings is 2. The maximum atomic E-state index is 5.76. The Hall–Kier alpha value is -2.35. The van der Waals surface area contributed by atoms with Crippen molar-refractivity contribution in [3.8, 4) is 0 Å². The molecule has 2 saturated heterocycles. The second kappa shape index (κ2) is 9.85. The van der Waals surface area contributed by atoms with Gasteiger partial charge in [-0.1, -0.05) is 6.92 Å². The molecule has 1 N–H and O–H groups in total. The number of guanidine groups is 1. The molecule has 170 valence electrons. The van der Waals surface area contributed by atoms with E-state index >= 15 is 0 Å². The summed E-state index contributed by atoms with van der Waals surface area (Å²) in [6.45, 7) is 12.4. The zero-order valence-electron chi connectivity index (χ0n) is 19.4. The summed E-state index contributed by atoms with van der Waals surface area (Å²) in [6.07, 6.45) is 9.44. The smallest absolute Gasteiger partial charge is 0.208 e. The molecule has 2 aromatic rings. The molecule has 4 rings (SSSR count). The molecule has 2 atom stereocenters. The predicted octanol–water partition coefficient (Wildman–Crippen LogP) is 2.86. The Labute approximate surface area is 185 Å². The van der Waals surface area contributed by atoms with Crippen LogP contribution in [0.5, 0.6) is 0 Å². The van der Waals surface area contributed by atoms with Crippen LogP contribution in [0, 0.1) is 25.7 Å². The summed E-state index contributed by atoms with van der Waals surface area (Å²) < 4.78 is 8.00. The number of aryl methyl sites for hydroxylation is 2. The lowest BCUT2D eigenvalue weighted by Crippen LogP contribution is -2.50. The Kier molecular flexibility index (Phi) is 6.95. The average Bonchev–Trinajstić information content (AvgIpc) is 3.41. The van der Waals surface area contributed by atoms with Crippen molar-refractivity contribution in [3.05, 3.63) is 36.1 Å². The topological polar surface area (TPSA) is 74.7 Å². The molecular formula is C23H37N7O. The Bertz CT molecular complexity index is 832. The Morgan fingerprint density at radius 3 is 2.68 bits per heavy atom. The van der Waals surface area contributed by atoms with E-state index in [2.05, 4.69) is 47.8 Å². The molecule has 0 saturated carbocycles. The summed E-state index contributed by atoms with van der Waals surface area (Å²) in [5.41, 5.74) is 1.00. The first-order chi connectivity index (χ1) is 15.0. The van der Waals surface area contributed by atoms with Gasteiger partial charge in [-0.3, -0.25) is 9.89 Å². The molecule has 2 aliphatic rings. The van der Waals surface area contributed by atoms with Crippen LogP contribution in [-0.4, -0.2) is 70.1 Å². The van der Waals surface area contributed by atoms with Gasteiger partial charge < -0.3 is 19.2 Å². The van der Waals surface area contributed by atoms with Gasteiger partial charge in [-0.15, -0.1) is 0 Å². The van der Waals surface area contributed by atoms with E-state index in [1.165, 1.54) is 19.3 Å². The minimum absolute atomic E-state index is 0.445. The van der Waals surface area contributed by atoms with Crippen LogP contribution in [0.1, 0.15) is 49.6 Å². The van der Waals surface area contributed by atoms with E-state index in [0.717, 1.165) is 62.6 Å². The van der Waals surface area contributed by atoms with Gasteiger partial charge >= 0.3 is 0 Å². The first kappa shape index (κ1) is 21.9. The third-order valence-electron chi connectivity index (χ3n) is 7.03. The molecule has 8 nitrogen and oxygen atoms in total. The lowest BCUT2D eigenvalue weighted by atomic mass is 9.93. The average molecular weight is 428 g/mol. The number of hydrogen-bond acceptors (Lipinski definition) is 5. The summed E-state index contributed by atoms with van der Waals surface area (Å²) in [7, 11) is 1.90. The third kappa shape index (κ3) is 5.29. The lowest BCUT2D eigenvalue weighted by Gasteiger charge is -2.39. The van der Waals surface area contributed by atoms with Gasteiger partial charge in [-0.25, -0.2) is 9.97 Å². The number of nitrogens with zero attached hydrogens (tertiary/aromatic N) is 6. The van der Waals surface area contributed by atoms with Crippen LogP contribution >= 0.6 is 0 Å². The van der Waals surface area contributed by atoms with E-state index in [1.54, 1.807) is 0 Å². The Morgan fingerprint density at radius 1 is 1.23 bits per heavy atom. The van der Waals surface area contributed by atoms with Crippen LogP contribution in [0.4, 0.5) is 0 Å².